The van der Waals surface area contributed by atoms with Crippen LogP contribution < -0.4 is 20.1 Å². The molecule has 0 unspecified atom stereocenters. The minimum Gasteiger partial charge on any atom is -0.497 e. The monoisotopic (exact) mass is 564 g/mol. The molecule has 12 heteroatoms. The fourth-order valence-corrected chi connectivity index (χ4v) is 4.09. The van der Waals surface area contributed by atoms with Crippen molar-refractivity contribution < 1.29 is 31.4 Å². The third kappa shape index (κ3) is 6.48. The van der Waals surface area contributed by atoms with Crippen molar-refractivity contribution in [3.8, 4) is 11.5 Å². The molecular weight excluding hydrogens is 543 g/mol. The zero-order valence-electron chi connectivity index (χ0n) is 20.7. The largest absolute Gasteiger partial charge is 0.497 e. The number of alkyl halides is 3. The van der Waals surface area contributed by atoms with E-state index in [2.05, 4.69) is 20.6 Å². The van der Waals surface area contributed by atoms with Crippen LogP contribution in [0.1, 0.15) is 22.3 Å². The van der Waals surface area contributed by atoms with Gasteiger partial charge in [0, 0.05) is 42.0 Å². The summed E-state index contributed by atoms with van der Waals surface area (Å²) < 4.78 is 82.7. The molecule has 4 aromatic rings. The SMILES string of the molecule is COc1ccc(CNc2nccc(Cc3cncc(Nc4ccc(Cl)cc4F)c3C(F)(F)F)c2F)c(OC)c1. The molecule has 2 aromatic heterocycles. The molecule has 204 valence electrons. The van der Waals surface area contributed by atoms with E-state index in [1.54, 1.807) is 18.2 Å². The summed E-state index contributed by atoms with van der Waals surface area (Å²) in [5.74, 6) is -0.734. The molecule has 0 fully saturated rings. The minimum absolute atomic E-state index is 0.0451. The molecule has 0 saturated carbocycles. The Morgan fingerprint density at radius 1 is 0.897 bits per heavy atom. The van der Waals surface area contributed by atoms with Gasteiger partial charge in [-0.15, -0.1) is 0 Å². The van der Waals surface area contributed by atoms with Gasteiger partial charge >= 0.3 is 6.18 Å². The van der Waals surface area contributed by atoms with E-state index in [1.165, 1.54) is 38.6 Å². The molecule has 0 saturated heterocycles. The third-order valence-corrected chi connectivity index (χ3v) is 6.03. The Morgan fingerprint density at radius 3 is 2.38 bits per heavy atom. The van der Waals surface area contributed by atoms with Crippen molar-refractivity contribution >= 4 is 28.8 Å². The van der Waals surface area contributed by atoms with Crippen LogP contribution in [0.25, 0.3) is 0 Å². The molecule has 2 heterocycles. The Bertz CT molecular complexity index is 1480. The van der Waals surface area contributed by atoms with Gasteiger partial charge < -0.3 is 20.1 Å². The van der Waals surface area contributed by atoms with Crippen molar-refractivity contribution in [2.24, 2.45) is 0 Å². The highest BCUT2D eigenvalue weighted by Gasteiger charge is 2.37. The number of aromatic nitrogens is 2. The molecule has 0 aliphatic rings. The van der Waals surface area contributed by atoms with Crippen molar-refractivity contribution in [2.75, 3.05) is 24.9 Å². The highest BCUT2D eigenvalue weighted by atomic mass is 35.5. The quantitative estimate of drug-likeness (QED) is 0.207. The van der Waals surface area contributed by atoms with Gasteiger partial charge in [-0.3, -0.25) is 4.98 Å². The fourth-order valence-electron chi connectivity index (χ4n) is 3.93. The number of halogens is 6. The second kappa shape index (κ2) is 11.7. The van der Waals surface area contributed by atoms with E-state index < -0.39 is 35.5 Å². The molecule has 4 rings (SSSR count). The number of pyridine rings is 2. The van der Waals surface area contributed by atoms with Crippen LogP contribution in [0.4, 0.5) is 39.1 Å². The molecular formula is C27H22ClF5N4O2. The molecule has 2 aromatic carbocycles. The van der Waals surface area contributed by atoms with Crippen molar-refractivity contribution in [3.05, 3.63) is 100.0 Å². The number of benzene rings is 2. The van der Waals surface area contributed by atoms with Gasteiger partial charge in [0.05, 0.1) is 37.4 Å². The van der Waals surface area contributed by atoms with Gasteiger partial charge in [-0.05, 0) is 47.5 Å². The normalized spacial score (nSPS) is 11.3. The van der Waals surface area contributed by atoms with Crippen LogP contribution in [0.3, 0.4) is 0 Å². The third-order valence-electron chi connectivity index (χ3n) is 5.80. The maximum atomic E-state index is 15.4. The number of hydrogen-bond acceptors (Lipinski definition) is 6. The van der Waals surface area contributed by atoms with Crippen molar-refractivity contribution in [1.29, 1.82) is 0 Å². The number of ether oxygens (including phenoxy) is 2. The first-order valence-electron chi connectivity index (χ1n) is 11.4. The molecule has 0 amide bonds. The Balaban J connectivity index is 1.62. The van der Waals surface area contributed by atoms with Gasteiger partial charge in [-0.1, -0.05) is 11.6 Å². The number of anilines is 3. The average Bonchev–Trinajstić information content (AvgIpc) is 2.90. The van der Waals surface area contributed by atoms with E-state index in [9.17, 15) is 17.6 Å². The van der Waals surface area contributed by atoms with Gasteiger partial charge in [0.25, 0.3) is 0 Å². The lowest BCUT2D eigenvalue weighted by atomic mass is 10.00. The highest BCUT2D eigenvalue weighted by molar-refractivity contribution is 6.30. The molecule has 39 heavy (non-hydrogen) atoms. The lowest BCUT2D eigenvalue weighted by Gasteiger charge is -2.19. The Hall–Kier alpha value is -4.12. The first-order valence-corrected chi connectivity index (χ1v) is 11.8. The number of methoxy groups -OCH3 is 2. The van der Waals surface area contributed by atoms with Crippen LogP contribution in [0, 0.1) is 11.6 Å². The van der Waals surface area contributed by atoms with Crippen LogP contribution in [0.15, 0.2) is 61.1 Å². The first kappa shape index (κ1) is 27.9. The van der Waals surface area contributed by atoms with Crippen molar-refractivity contribution in [1.82, 2.24) is 9.97 Å². The molecule has 0 aliphatic carbocycles. The van der Waals surface area contributed by atoms with Gasteiger partial charge in [-0.2, -0.15) is 13.2 Å². The fraction of sp³-hybridized carbons (Fsp3) is 0.185. The summed E-state index contributed by atoms with van der Waals surface area (Å²) in [6.45, 7) is 0.127. The zero-order chi connectivity index (χ0) is 28.2. The Labute approximate surface area is 225 Å². The molecule has 6 nitrogen and oxygen atoms in total. The molecule has 0 radical (unpaired) electrons. The summed E-state index contributed by atoms with van der Waals surface area (Å²) in [5, 5.41) is 5.37. The van der Waals surface area contributed by atoms with Crippen LogP contribution in [0.2, 0.25) is 5.02 Å². The van der Waals surface area contributed by atoms with E-state index in [4.69, 9.17) is 21.1 Å². The topological polar surface area (TPSA) is 68.3 Å². The number of nitrogens with zero attached hydrogens (tertiary/aromatic N) is 2. The summed E-state index contributed by atoms with van der Waals surface area (Å²) in [5.41, 5.74) is -1.48. The second-order valence-electron chi connectivity index (χ2n) is 8.31. The number of nitrogens with one attached hydrogen (secondary N) is 2. The molecule has 0 aliphatic heterocycles. The van der Waals surface area contributed by atoms with Crippen molar-refractivity contribution in [3.63, 3.8) is 0 Å². The molecule has 0 bridgehead atoms. The first-order chi connectivity index (χ1) is 18.6. The average molecular weight is 565 g/mol. The summed E-state index contributed by atoms with van der Waals surface area (Å²) >= 11 is 5.73. The second-order valence-corrected chi connectivity index (χ2v) is 8.75. The van der Waals surface area contributed by atoms with Crippen LogP contribution >= 0.6 is 11.6 Å². The Kier molecular flexibility index (Phi) is 8.39. The number of rotatable bonds is 9. The van der Waals surface area contributed by atoms with Crippen molar-refractivity contribution in [2.45, 2.75) is 19.1 Å². The number of hydrogen-bond donors (Lipinski definition) is 2. The standard InChI is InChI=1S/C27H22ClF5N4O2/c1-38-19-5-3-16(23(11-19)39-2)13-36-26-25(30)15(7-8-35-26)9-17-12-34-14-22(24(17)27(31,32)33)37-21-6-4-18(28)10-20(21)29/h3-8,10-12,14,37H,9,13H2,1-2H3,(H,35,36). The smallest absolute Gasteiger partial charge is 0.418 e. The van der Waals surface area contributed by atoms with E-state index >= 15 is 4.39 Å². The summed E-state index contributed by atoms with van der Waals surface area (Å²) in [4.78, 5) is 7.86. The van der Waals surface area contributed by atoms with E-state index in [1.807, 2.05) is 0 Å². The summed E-state index contributed by atoms with van der Waals surface area (Å²) in [6.07, 6.45) is -2.08. The predicted molar refractivity (Wildman–Crippen MR) is 138 cm³/mol. The van der Waals surface area contributed by atoms with E-state index in [0.717, 1.165) is 18.5 Å². The maximum Gasteiger partial charge on any atom is 0.418 e. The van der Waals surface area contributed by atoms with E-state index in [-0.39, 0.29) is 34.2 Å². The lowest BCUT2D eigenvalue weighted by molar-refractivity contribution is -0.137. The van der Waals surface area contributed by atoms with Crippen LogP contribution in [-0.4, -0.2) is 24.2 Å². The lowest BCUT2D eigenvalue weighted by Crippen LogP contribution is -2.14. The molecule has 0 atom stereocenters. The van der Waals surface area contributed by atoms with E-state index in [0.29, 0.717) is 17.1 Å². The molecule has 0 spiro atoms. The maximum absolute atomic E-state index is 15.4. The van der Waals surface area contributed by atoms with Gasteiger partial charge in [0.1, 0.15) is 17.3 Å². The summed E-state index contributed by atoms with van der Waals surface area (Å²) in [7, 11) is 2.99. The molecule has 2 N–H and O–H groups in total. The highest BCUT2D eigenvalue weighted by Crippen LogP contribution is 2.39. The predicted octanol–water partition coefficient (Wildman–Crippen LogP) is 7.39. The van der Waals surface area contributed by atoms with Gasteiger partial charge in [-0.25, -0.2) is 13.8 Å². The van der Waals surface area contributed by atoms with Crippen LogP contribution in [0.5, 0.6) is 11.5 Å². The van der Waals surface area contributed by atoms with Gasteiger partial charge in [0.2, 0.25) is 0 Å². The van der Waals surface area contributed by atoms with Gasteiger partial charge in [0.15, 0.2) is 11.6 Å². The summed E-state index contributed by atoms with van der Waals surface area (Å²) in [6, 6.07) is 9.91. The zero-order valence-corrected chi connectivity index (χ0v) is 21.4. The minimum atomic E-state index is -4.85. The van der Waals surface area contributed by atoms with Crippen LogP contribution in [-0.2, 0) is 19.1 Å². The Morgan fingerprint density at radius 2 is 1.69 bits per heavy atom.